The number of halogens is 2. The van der Waals surface area contributed by atoms with Gasteiger partial charge in [0.15, 0.2) is 0 Å². The molecule has 0 spiro atoms. The van der Waals surface area contributed by atoms with Gasteiger partial charge in [0, 0.05) is 19.3 Å². The smallest absolute Gasteiger partial charge is 0.311 e. The number of hydrogen-bond acceptors (Lipinski definition) is 3. The van der Waals surface area contributed by atoms with Crippen LogP contribution in [0.5, 0.6) is 0 Å². The molecule has 1 aromatic heterocycles. The molecular formula is C14H16Cl2N2O3. The maximum atomic E-state index is 12.4. The molecule has 0 bridgehead atoms. The van der Waals surface area contributed by atoms with Crippen molar-refractivity contribution < 1.29 is 14.7 Å². The van der Waals surface area contributed by atoms with Gasteiger partial charge in [-0.05, 0) is 18.9 Å². The molecule has 1 amide bonds. The van der Waals surface area contributed by atoms with Crippen LogP contribution >= 0.6 is 23.2 Å². The van der Waals surface area contributed by atoms with Crippen LogP contribution in [-0.4, -0.2) is 40.0 Å². The summed E-state index contributed by atoms with van der Waals surface area (Å²) in [5.74, 6) is -1.10. The molecule has 1 aliphatic heterocycles. The van der Waals surface area contributed by atoms with E-state index in [4.69, 9.17) is 23.2 Å². The molecule has 0 aliphatic carbocycles. The fourth-order valence-electron chi connectivity index (χ4n) is 2.73. The number of hydrogen-bond donors (Lipinski definition) is 1. The SMILES string of the molecule is CCCC1(C(=O)O)CCN(C(=O)c2cnc(Cl)c(Cl)c2)C1. The fourth-order valence-corrected chi connectivity index (χ4v) is 3.00. The molecule has 2 heterocycles. The van der Waals surface area contributed by atoms with Gasteiger partial charge >= 0.3 is 5.97 Å². The fraction of sp³-hybridized carbons (Fsp3) is 0.500. The largest absolute Gasteiger partial charge is 0.481 e. The first-order valence-electron chi connectivity index (χ1n) is 6.73. The molecule has 1 fully saturated rings. The van der Waals surface area contributed by atoms with E-state index in [9.17, 15) is 14.7 Å². The lowest BCUT2D eigenvalue weighted by Crippen LogP contribution is -2.37. The van der Waals surface area contributed by atoms with E-state index in [2.05, 4.69) is 4.98 Å². The number of aliphatic carboxylic acids is 1. The van der Waals surface area contributed by atoms with E-state index in [1.165, 1.54) is 12.3 Å². The summed E-state index contributed by atoms with van der Waals surface area (Å²) in [7, 11) is 0. The molecule has 1 aliphatic rings. The number of carboxylic acids is 1. The van der Waals surface area contributed by atoms with Gasteiger partial charge in [-0.3, -0.25) is 9.59 Å². The molecule has 5 nitrogen and oxygen atoms in total. The Morgan fingerprint density at radius 3 is 2.76 bits per heavy atom. The highest BCUT2D eigenvalue weighted by molar-refractivity contribution is 6.41. The number of rotatable bonds is 4. The minimum absolute atomic E-state index is 0.139. The van der Waals surface area contributed by atoms with Crippen molar-refractivity contribution >= 4 is 35.1 Å². The highest BCUT2D eigenvalue weighted by Crippen LogP contribution is 2.36. The summed E-state index contributed by atoms with van der Waals surface area (Å²) in [4.78, 5) is 29.3. The highest BCUT2D eigenvalue weighted by Gasteiger charge is 2.45. The first-order valence-corrected chi connectivity index (χ1v) is 7.49. The molecule has 0 aromatic carbocycles. The topological polar surface area (TPSA) is 70.5 Å². The molecule has 1 saturated heterocycles. The summed E-state index contributed by atoms with van der Waals surface area (Å²) in [6.45, 7) is 2.58. The molecular weight excluding hydrogens is 315 g/mol. The van der Waals surface area contributed by atoms with E-state index in [1.54, 1.807) is 4.90 Å². The van der Waals surface area contributed by atoms with Gasteiger partial charge in [-0.2, -0.15) is 0 Å². The molecule has 1 N–H and O–H groups in total. The van der Waals surface area contributed by atoms with E-state index >= 15 is 0 Å². The number of aromatic nitrogens is 1. The van der Waals surface area contributed by atoms with Crippen molar-refractivity contribution in [3.8, 4) is 0 Å². The number of carbonyl (C=O) groups is 2. The predicted molar refractivity (Wildman–Crippen MR) is 79.8 cm³/mol. The Bertz CT molecular complexity index is 579. The highest BCUT2D eigenvalue weighted by atomic mass is 35.5. The first kappa shape index (κ1) is 16.0. The van der Waals surface area contributed by atoms with Crippen molar-refractivity contribution in [2.75, 3.05) is 13.1 Å². The number of nitrogens with zero attached hydrogens (tertiary/aromatic N) is 2. The monoisotopic (exact) mass is 330 g/mol. The average molecular weight is 331 g/mol. The zero-order chi connectivity index (χ0) is 15.6. The quantitative estimate of drug-likeness (QED) is 0.861. The van der Waals surface area contributed by atoms with E-state index in [1.807, 2.05) is 6.92 Å². The van der Waals surface area contributed by atoms with Crippen LogP contribution in [0.4, 0.5) is 0 Å². The summed E-state index contributed by atoms with van der Waals surface area (Å²) in [5.41, 5.74) is -0.518. The van der Waals surface area contributed by atoms with Crippen LogP contribution in [0.2, 0.25) is 10.2 Å². The molecule has 0 saturated carbocycles. The van der Waals surface area contributed by atoms with Gasteiger partial charge in [-0.25, -0.2) is 4.98 Å². The molecule has 114 valence electrons. The Hall–Kier alpha value is -1.33. The van der Waals surface area contributed by atoms with Gasteiger partial charge in [0.1, 0.15) is 5.15 Å². The van der Waals surface area contributed by atoms with Gasteiger partial charge < -0.3 is 10.0 Å². The van der Waals surface area contributed by atoms with Gasteiger partial charge in [-0.1, -0.05) is 36.5 Å². The molecule has 1 atom stereocenters. The van der Waals surface area contributed by atoms with E-state index in [0.29, 0.717) is 24.9 Å². The minimum atomic E-state index is -0.841. The average Bonchev–Trinajstić information content (AvgIpc) is 2.87. The Morgan fingerprint density at radius 1 is 1.48 bits per heavy atom. The van der Waals surface area contributed by atoms with Crippen LogP contribution in [0.1, 0.15) is 36.5 Å². The Kier molecular flexibility index (Phi) is 4.74. The molecule has 21 heavy (non-hydrogen) atoms. The zero-order valence-corrected chi connectivity index (χ0v) is 13.1. The second-order valence-corrected chi connectivity index (χ2v) is 6.07. The molecule has 1 unspecified atom stereocenters. The molecule has 1 aromatic rings. The lowest BCUT2D eigenvalue weighted by Gasteiger charge is -2.24. The normalized spacial score (nSPS) is 21.6. The summed E-state index contributed by atoms with van der Waals surface area (Å²) < 4.78 is 0. The van der Waals surface area contributed by atoms with Crippen LogP contribution in [-0.2, 0) is 4.79 Å². The third kappa shape index (κ3) is 3.14. The minimum Gasteiger partial charge on any atom is -0.481 e. The molecule has 2 rings (SSSR count). The van der Waals surface area contributed by atoms with E-state index in [0.717, 1.165) is 6.42 Å². The van der Waals surface area contributed by atoms with Crippen molar-refractivity contribution in [3.05, 3.63) is 28.0 Å². The third-order valence-corrected chi connectivity index (χ3v) is 4.55. The van der Waals surface area contributed by atoms with Crippen molar-refractivity contribution in [1.82, 2.24) is 9.88 Å². The van der Waals surface area contributed by atoms with Crippen molar-refractivity contribution in [2.45, 2.75) is 26.2 Å². The number of carbonyl (C=O) groups excluding carboxylic acids is 1. The number of pyridine rings is 1. The second-order valence-electron chi connectivity index (χ2n) is 5.31. The maximum Gasteiger partial charge on any atom is 0.311 e. The second kappa shape index (κ2) is 6.20. The molecule has 7 heteroatoms. The van der Waals surface area contributed by atoms with E-state index < -0.39 is 11.4 Å². The molecule has 0 radical (unpaired) electrons. The van der Waals surface area contributed by atoms with Crippen molar-refractivity contribution in [2.24, 2.45) is 5.41 Å². The summed E-state index contributed by atoms with van der Waals surface area (Å²) in [6, 6.07) is 1.46. The Balaban J connectivity index is 2.18. The van der Waals surface area contributed by atoms with Gasteiger partial charge in [0.05, 0.1) is 16.0 Å². The standard InChI is InChI=1S/C14H16Cl2N2O3/c1-2-3-14(13(20)21)4-5-18(8-14)12(19)9-6-10(15)11(16)17-7-9/h6-7H,2-5,8H2,1H3,(H,20,21). The first-order chi connectivity index (χ1) is 9.89. The Morgan fingerprint density at radius 2 is 2.19 bits per heavy atom. The Labute approximate surface area is 132 Å². The number of amides is 1. The maximum absolute atomic E-state index is 12.4. The number of carboxylic acid groups (broad SMARTS) is 1. The lowest BCUT2D eigenvalue weighted by atomic mass is 9.83. The van der Waals surface area contributed by atoms with Crippen molar-refractivity contribution in [1.29, 1.82) is 0 Å². The van der Waals surface area contributed by atoms with Crippen LogP contribution in [0.3, 0.4) is 0 Å². The zero-order valence-electron chi connectivity index (χ0n) is 11.6. The lowest BCUT2D eigenvalue weighted by molar-refractivity contribution is -0.148. The summed E-state index contributed by atoms with van der Waals surface area (Å²) >= 11 is 11.6. The van der Waals surface area contributed by atoms with Crippen LogP contribution < -0.4 is 0 Å². The van der Waals surface area contributed by atoms with Crippen LogP contribution in [0, 0.1) is 5.41 Å². The summed E-state index contributed by atoms with van der Waals surface area (Å²) in [6.07, 6.45) is 3.15. The number of likely N-dealkylation sites (tertiary alicyclic amines) is 1. The van der Waals surface area contributed by atoms with Crippen molar-refractivity contribution in [3.63, 3.8) is 0 Å². The predicted octanol–water partition coefficient (Wildman–Crippen LogP) is 3.11. The summed E-state index contributed by atoms with van der Waals surface area (Å²) in [5, 5.41) is 9.80. The third-order valence-electron chi connectivity index (χ3n) is 3.87. The van der Waals surface area contributed by atoms with Crippen LogP contribution in [0.25, 0.3) is 0 Å². The van der Waals surface area contributed by atoms with E-state index in [-0.39, 0.29) is 22.6 Å². The van der Waals surface area contributed by atoms with Gasteiger partial charge in [0.25, 0.3) is 5.91 Å². The van der Waals surface area contributed by atoms with Gasteiger partial charge in [0.2, 0.25) is 0 Å². The van der Waals surface area contributed by atoms with Crippen LogP contribution in [0.15, 0.2) is 12.3 Å². The van der Waals surface area contributed by atoms with Gasteiger partial charge in [-0.15, -0.1) is 0 Å².